The van der Waals surface area contributed by atoms with Crippen molar-refractivity contribution in [3.8, 4) is 0 Å². The SMILES string of the molecule is O=C(NC1CCC(C(F)(F)F)CC1)N1CCC(n2ccnc2)CC1. The number of nitrogens with one attached hydrogen (secondary N) is 1. The summed E-state index contributed by atoms with van der Waals surface area (Å²) in [6.45, 7) is 1.32. The maximum absolute atomic E-state index is 12.7. The molecule has 1 saturated carbocycles. The van der Waals surface area contributed by atoms with Gasteiger partial charge in [-0.05, 0) is 38.5 Å². The Morgan fingerprint density at radius 3 is 2.29 bits per heavy atom. The monoisotopic (exact) mass is 344 g/mol. The van der Waals surface area contributed by atoms with Gasteiger partial charge in [-0.25, -0.2) is 9.78 Å². The Hall–Kier alpha value is -1.73. The number of halogens is 3. The van der Waals surface area contributed by atoms with E-state index in [2.05, 4.69) is 14.9 Å². The molecule has 24 heavy (non-hydrogen) atoms. The van der Waals surface area contributed by atoms with Gasteiger partial charge in [0.2, 0.25) is 0 Å². The van der Waals surface area contributed by atoms with Gasteiger partial charge in [-0.15, -0.1) is 0 Å². The van der Waals surface area contributed by atoms with Gasteiger partial charge in [0.15, 0.2) is 0 Å². The Morgan fingerprint density at radius 1 is 1.08 bits per heavy atom. The first-order valence-corrected chi connectivity index (χ1v) is 8.53. The van der Waals surface area contributed by atoms with Gasteiger partial charge in [-0.2, -0.15) is 13.2 Å². The molecule has 0 spiro atoms. The first-order valence-electron chi connectivity index (χ1n) is 8.53. The van der Waals surface area contributed by atoms with Crippen LogP contribution in [0.15, 0.2) is 18.7 Å². The summed E-state index contributed by atoms with van der Waals surface area (Å²) in [6, 6.07) is 0.0794. The fourth-order valence-corrected chi connectivity index (χ4v) is 3.68. The van der Waals surface area contributed by atoms with E-state index in [4.69, 9.17) is 0 Å². The molecule has 2 heterocycles. The molecule has 1 aliphatic carbocycles. The van der Waals surface area contributed by atoms with E-state index in [1.807, 2.05) is 6.20 Å². The second-order valence-corrected chi connectivity index (χ2v) is 6.77. The highest BCUT2D eigenvalue weighted by atomic mass is 19.4. The molecule has 8 heteroatoms. The van der Waals surface area contributed by atoms with Crippen molar-refractivity contribution < 1.29 is 18.0 Å². The molecule has 0 aromatic carbocycles. The lowest BCUT2D eigenvalue weighted by Gasteiger charge is -2.35. The number of hydrogen-bond donors (Lipinski definition) is 1. The van der Waals surface area contributed by atoms with Crippen LogP contribution < -0.4 is 5.32 Å². The lowest BCUT2D eigenvalue weighted by molar-refractivity contribution is -0.182. The number of nitrogens with zero attached hydrogens (tertiary/aromatic N) is 3. The molecule has 2 aliphatic rings. The molecule has 0 unspecified atom stereocenters. The summed E-state index contributed by atoms with van der Waals surface area (Å²) in [5, 5.41) is 2.91. The van der Waals surface area contributed by atoms with Crippen LogP contribution in [0, 0.1) is 5.92 Å². The average Bonchev–Trinajstić information content (AvgIpc) is 3.09. The van der Waals surface area contributed by atoms with Crippen molar-refractivity contribution >= 4 is 6.03 Å². The van der Waals surface area contributed by atoms with E-state index in [9.17, 15) is 18.0 Å². The van der Waals surface area contributed by atoms with Crippen molar-refractivity contribution in [3.05, 3.63) is 18.7 Å². The van der Waals surface area contributed by atoms with Crippen LogP contribution in [0.1, 0.15) is 44.6 Å². The summed E-state index contributed by atoms with van der Waals surface area (Å²) in [4.78, 5) is 18.1. The minimum atomic E-state index is -4.11. The smallest absolute Gasteiger partial charge is 0.335 e. The third-order valence-corrected chi connectivity index (χ3v) is 5.22. The molecule has 1 aromatic heterocycles. The third kappa shape index (κ3) is 4.02. The lowest BCUT2D eigenvalue weighted by atomic mass is 9.85. The van der Waals surface area contributed by atoms with Crippen LogP contribution in [0.4, 0.5) is 18.0 Å². The number of rotatable bonds is 2. The standard InChI is InChI=1S/C16H23F3N4O/c17-16(18,19)12-1-3-13(4-2-12)21-15(24)22-8-5-14(6-9-22)23-10-7-20-11-23/h7,10-14H,1-6,8-9H2,(H,21,24). The quantitative estimate of drug-likeness (QED) is 0.894. The molecule has 1 aromatic rings. The number of piperidine rings is 1. The van der Waals surface area contributed by atoms with Crippen LogP contribution in [0.25, 0.3) is 0 Å². The molecule has 1 aliphatic heterocycles. The zero-order valence-corrected chi connectivity index (χ0v) is 13.5. The van der Waals surface area contributed by atoms with Gasteiger partial charge < -0.3 is 14.8 Å². The number of carbonyl (C=O) groups is 1. The molecular formula is C16H23F3N4O. The second-order valence-electron chi connectivity index (χ2n) is 6.77. The largest absolute Gasteiger partial charge is 0.391 e. The van der Waals surface area contributed by atoms with Crippen LogP contribution in [0.5, 0.6) is 0 Å². The van der Waals surface area contributed by atoms with Gasteiger partial charge >= 0.3 is 12.2 Å². The molecule has 1 saturated heterocycles. The molecule has 3 rings (SSSR count). The molecule has 0 radical (unpaired) electrons. The van der Waals surface area contributed by atoms with Gasteiger partial charge in [0.05, 0.1) is 12.2 Å². The van der Waals surface area contributed by atoms with Crippen LogP contribution in [0.3, 0.4) is 0 Å². The lowest BCUT2D eigenvalue weighted by Crippen LogP contribution is -2.49. The molecule has 0 atom stereocenters. The van der Waals surface area contributed by atoms with Gasteiger partial charge in [-0.3, -0.25) is 0 Å². The summed E-state index contributed by atoms with van der Waals surface area (Å²) in [5.41, 5.74) is 0. The zero-order valence-electron chi connectivity index (χ0n) is 13.5. The molecule has 1 N–H and O–H groups in total. The van der Waals surface area contributed by atoms with Crippen molar-refractivity contribution in [2.24, 2.45) is 5.92 Å². The van der Waals surface area contributed by atoms with E-state index >= 15 is 0 Å². The van der Waals surface area contributed by atoms with E-state index in [0.29, 0.717) is 32.0 Å². The third-order valence-electron chi connectivity index (χ3n) is 5.22. The van der Waals surface area contributed by atoms with Gasteiger partial charge in [0, 0.05) is 37.6 Å². The number of carbonyl (C=O) groups excluding carboxylic acids is 1. The van der Waals surface area contributed by atoms with Crippen LogP contribution >= 0.6 is 0 Å². The number of likely N-dealkylation sites (tertiary alicyclic amines) is 1. The Morgan fingerprint density at radius 2 is 1.75 bits per heavy atom. The zero-order chi connectivity index (χ0) is 17.2. The van der Waals surface area contributed by atoms with E-state index in [-0.39, 0.29) is 24.9 Å². The first kappa shape index (κ1) is 17.1. The summed E-state index contributed by atoms with van der Waals surface area (Å²) in [7, 11) is 0. The second kappa shape index (κ2) is 7.03. The van der Waals surface area contributed by atoms with Gasteiger partial charge in [0.25, 0.3) is 0 Å². The fourth-order valence-electron chi connectivity index (χ4n) is 3.68. The van der Waals surface area contributed by atoms with E-state index < -0.39 is 12.1 Å². The van der Waals surface area contributed by atoms with Gasteiger partial charge in [0.1, 0.15) is 0 Å². The number of hydrogen-bond acceptors (Lipinski definition) is 2. The predicted octanol–water partition coefficient (Wildman–Crippen LogP) is 3.35. The maximum atomic E-state index is 12.7. The molecule has 134 valence electrons. The normalized spacial score (nSPS) is 26.4. The molecular weight excluding hydrogens is 321 g/mol. The molecule has 0 bridgehead atoms. The average molecular weight is 344 g/mol. The van der Waals surface area contributed by atoms with Crippen LogP contribution in [0.2, 0.25) is 0 Å². The first-order chi connectivity index (χ1) is 11.4. The molecule has 2 amide bonds. The Kier molecular flexibility index (Phi) is 5.01. The van der Waals surface area contributed by atoms with Crippen LogP contribution in [-0.4, -0.2) is 45.8 Å². The number of alkyl halides is 3. The summed E-state index contributed by atoms with van der Waals surface area (Å²) in [5.74, 6) is -1.21. The highest BCUT2D eigenvalue weighted by Crippen LogP contribution is 2.37. The fraction of sp³-hybridized carbons (Fsp3) is 0.750. The number of imidazole rings is 1. The molecule has 5 nitrogen and oxygen atoms in total. The van der Waals surface area contributed by atoms with E-state index in [0.717, 1.165) is 12.8 Å². The number of aromatic nitrogens is 2. The van der Waals surface area contributed by atoms with Gasteiger partial charge in [-0.1, -0.05) is 0 Å². The van der Waals surface area contributed by atoms with Crippen molar-refractivity contribution in [2.75, 3.05) is 13.1 Å². The minimum Gasteiger partial charge on any atom is -0.335 e. The summed E-state index contributed by atoms with van der Waals surface area (Å²) < 4.78 is 40.1. The Balaban J connectivity index is 1.42. The van der Waals surface area contributed by atoms with Crippen LogP contribution in [-0.2, 0) is 0 Å². The summed E-state index contributed by atoms with van der Waals surface area (Å²) in [6.07, 6.45) is 4.12. The highest BCUT2D eigenvalue weighted by molar-refractivity contribution is 5.74. The predicted molar refractivity (Wildman–Crippen MR) is 82.4 cm³/mol. The molecule has 2 fully saturated rings. The van der Waals surface area contributed by atoms with Crippen molar-refractivity contribution in [1.29, 1.82) is 0 Å². The van der Waals surface area contributed by atoms with E-state index in [1.165, 1.54) is 0 Å². The van der Waals surface area contributed by atoms with Crippen molar-refractivity contribution in [1.82, 2.24) is 19.8 Å². The topological polar surface area (TPSA) is 50.2 Å². The van der Waals surface area contributed by atoms with Crippen molar-refractivity contribution in [3.63, 3.8) is 0 Å². The highest BCUT2D eigenvalue weighted by Gasteiger charge is 2.41. The van der Waals surface area contributed by atoms with Crippen molar-refractivity contribution in [2.45, 2.75) is 56.8 Å². The Labute approximate surface area is 139 Å². The minimum absolute atomic E-state index is 0.108. The summed E-state index contributed by atoms with van der Waals surface area (Å²) >= 11 is 0. The van der Waals surface area contributed by atoms with E-state index in [1.54, 1.807) is 17.4 Å². The number of urea groups is 1. The number of amides is 2. The maximum Gasteiger partial charge on any atom is 0.391 e. The Bertz CT molecular complexity index is 530.